The molecule has 0 radical (unpaired) electrons. The molecule has 3 aliphatic rings. The fraction of sp³-hybridized carbons (Fsp3) is 0.429. The fourth-order valence-corrected chi connectivity index (χ4v) is 5.11. The highest BCUT2D eigenvalue weighted by molar-refractivity contribution is 6.07. The summed E-state index contributed by atoms with van der Waals surface area (Å²) in [6.07, 6.45) is 6.28. The van der Waals surface area contributed by atoms with E-state index in [1.54, 1.807) is 12.1 Å². The summed E-state index contributed by atoms with van der Waals surface area (Å²) in [4.78, 5) is 7.20. The van der Waals surface area contributed by atoms with Crippen LogP contribution in [-0.2, 0) is 4.74 Å². The minimum absolute atomic E-state index is 0.259. The smallest absolute Gasteiger partial charge is 0.154 e. The van der Waals surface area contributed by atoms with E-state index in [1.165, 1.54) is 38.2 Å². The molecule has 0 spiro atoms. The van der Waals surface area contributed by atoms with Gasteiger partial charge in [-0.2, -0.15) is 5.26 Å². The highest BCUT2D eigenvalue weighted by Crippen LogP contribution is 2.37. The Morgan fingerprint density at radius 3 is 2.69 bits per heavy atom. The molecule has 1 aliphatic carbocycles. The quantitative estimate of drug-likeness (QED) is 0.582. The minimum atomic E-state index is -0.259. The standard InChI is InChI=1S/C28H32FN5O/c29-24-9-5-4-8-23(24)21-10-11-25-26(16-21)33-28(34-14-12-31-13-15-34)27(32-25)22(17-30)19-35-18-20-6-2-1-3-7-20/h4-5,8-11,16,20,31-32H,1-3,6-7,12-15,18-19H2/b27-22-. The maximum Gasteiger partial charge on any atom is 0.154 e. The van der Waals surface area contributed by atoms with E-state index in [0.29, 0.717) is 29.4 Å². The molecule has 2 aromatic rings. The lowest BCUT2D eigenvalue weighted by Crippen LogP contribution is -2.48. The first-order valence-corrected chi connectivity index (χ1v) is 12.6. The topological polar surface area (TPSA) is 72.7 Å². The van der Waals surface area contributed by atoms with E-state index < -0.39 is 0 Å². The zero-order valence-electron chi connectivity index (χ0n) is 20.0. The van der Waals surface area contributed by atoms with E-state index in [2.05, 4.69) is 21.6 Å². The number of fused-ring (bicyclic) bond motifs is 1. The SMILES string of the molecule is N#C/C(COCC1CCCCC1)=C1/Nc2ccc(-c3ccccc3F)cc2N=C1N1CCNCC1. The third-order valence-electron chi connectivity index (χ3n) is 7.07. The van der Waals surface area contributed by atoms with Gasteiger partial charge < -0.3 is 20.3 Å². The van der Waals surface area contributed by atoms with Crippen LogP contribution in [0.3, 0.4) is 0 Å². The molecule has 6 nitrogen and oxygen atoms in total. The zero-order valence-corrected chi connectivity index (χ0v) is 20.0. The van der Waals surface area contributed by atoms with Crippen molar-refractivity contribution in [3.05, 3.63) is 59.6 Å². The summed E-state index contributed by atoms with van der Waals surface area (Å²) >= 11 is 0. The summed E-state index contributed by atoms with van der Waals surface area (Å²) in [5.41, 5.74) is 4.13. The van der Waals surface area contributed by atoms with Crippen molar-refractivity contribution in [2.45, 2.75) is 32.1 Å². The summed E-state index contributed by atoms with van der Waals surface area (Å²) in [5.74, 6) is 1.08. The van der Waals surface area contributed by atoms with Crippen molar-refractivity contribution in [1.82, 2.24) is 10.2 Å². The highest BCUT2D eigenvalue weighted by atomic mass is 19.1. The second kappa shape index (κ2) is 11.0. The van der Waals surface area contributed by atoms with Crippen LogP contribution in [0, 0.1) is 23.1 Å². The number of anilines is 1. The first kappa shape index (κ1) is 23.5. The Morgan fingerprint density at radius 1 is 1.11 bits per heavy atom. The maximum atomic E-state index is 14.4. The highest BCUT2D eigenvalue weighted by Gasteiger charge is 2.27. The van der Waals surface area contributed by atoms with E-state index in [1.807, 2.05) is 24.3 Å². The largest absolute Gasteiger partial charge is 0.376 e. The monoisotopic (exact) mass is 473 g/mol. The number of aliphatic imine (C=N–C) groups is 1. The summed E-state index contributed by atoms with van der Waals surface area (Å²) in [6.45, 7) is 4.27. The Hall–Kier alpha value is -3.21. The van der Waals surface area contributed by atoms with Crippen molar-refractivity contribution in [2.24, 2.45) is 10.9 Å². The number of benzene rings is 2. The van der Waals surface area contributed by atoms with Crippen LogP contribution in [-0.4, -0.2) is 50.1 Å². The van der Waals surface area contributed by atoms with Crippen LogP contribution >= 0.6 is 0 Å². The number of piperazine rings is 1. The second-order valence-corrected chi connectivity index (χ2v) is 9.49. The molecule has 1 saturated carbocycles. The normalized spacial score (nSPS) is 19.9. The number of hydrogen-bond donors (Lipinski definition) is 2. The Labute approximate surface area is 206 Å². The van der Waals surface area contributed by atoms with E-state index in [9.17, 15) is 9.65 Å². The van der Waals surface area contributed by atoms with Gasteiger partial charge in [-0.15, -0.1) is 0 Å². The molecular weight excluding hydrogens is 441 g/mol. The van der Waals surface area contributed by atoms with E-state index in [4.69, 9.17) is 9.73 Å². The summed E-state index contributed by atoms with van der Waals surface area (Å²) < 4.78 is 20.5. The number of rotatable bonds is 5. The van der Waals surface area contributed by atoms with Crippen molar-refractivity contribution >= 4 is 17.2 Å². The minimum Gasteiger partial charge on any atom is -0.376 e. The molecule has 1 saturated heterocycles. The number of nitrogens with one attached hydrogen (secondary N) is 2. The van der Waals surface area contributed by atoms with Crippen LogP contribution in [0.4, 0.5) is 15.8 Å². The van der Waals surface area contributed by atoms with Crippen LogP contribution in [0.1, 0.15) is 32.1 Å². The van der Waals surface area contributed by atoms with Crippen LogP contribution < -0.4 is 10.6 Å². The van der Waals surface area contributed by atoms with Crippen molar-refractivity contribution in [3.8, 4) is 17.2 Å². The molecule has 0 bridgehead atoms. The van der Waals surface area contributed by atoms with Crippen LogP contribution in [0.15, 0.2) is 58.7 Å². The summed E-state index contributed by atoms with van der Waals surface area (Å²) in [7, 11) is 0. The van der Waals surface area contributed by atoms with E-state index in [0.717, 1.165) is 49.0 Å². The molecule has 35 heavy (non-hydrogen) atoms. The van der Waals surface area contributed by atoms with Gasteiger partial charge in [0.1, 0.15) is 5.82 Å². The number of nitriles is 1. The fourth-order valence-electron chi connectivity index (χ4n) is 5.11. The van der Waals surface area contributed by atoms with Gasteiger partial charge in [-0.3, -0.25) is 0 Å². The van der Waals surface area contributed by atoms with Gasteiger partial charge in [0.15, 0.2) is 5.84 Å². The Kier molecular flexibility index (Phi) is 7.41. The van der Waals surface area contributed by atoms with E-state index in [-0.39, 0.29) is 12.4 Å². The molecule has 5 rings (SSSR count). The third kappa shape index (κ3) is 5.39. The molecular formula is C28H32FN5O. The molecule has 0 atom stereocenters. The molecule has 0 unspecified atom stereocenters. The molecule has 0 amide bonds. The predicted octanol–water partition coefficient (Wildman–Crippen LogP) is 5.23. The number of halogens is 1. The number of amidine groups is 1. The number of hydrogen-bond acceptors (Lipinski definition) is 6. The average molecular weight is 474 g/mol. The predicted molar refractivity (Wildman–Crippen MR) is 137 cm³/mol. The number of ether oxygens (including phenoxy) is 1. The Bertz CT molecular complexity index is 1160. The van der Waals surface area contributed by atoms with Gasteiger partial charge >= 0.3 is 0 Å². The summed E-state index contributed by atoms with van der Waals surface area (Å²) in [6, 6.07) is 14.8. The van der Waals surface area contributed by atoms with Crippen LogP contribution in [0.25, 0.3) is 11.1 Å². The molecule has 2 fully saturated rings. The van der Waals surface area contributed by atoms with Crippen LogP contribution in [0.5, 0.6) is 0 Å². The molecule has 2 aliphatic heterocycles. The third-order valence-corrected chi connectivity index (χ3v) is 7.07. The van der Waals surface area contributed by atoms with Crippen molar-refractivity contribution < 1.29 is 9.13 Å². The molecule has 2 aromatic carbocycles. The Balaban J connectivity index is 1.45. The van der Waals surface area contributed by atoms with Crippen molar-refractivity contribution in [1.29, 1.82) is 5.26 Å². The average Bonchev–Trinajstić information content (AvgIpc) is 2.91. The van der Waals surface area contributed by atoms with Crippen LogP contribution in [0.2, 0.25) is 0 Å². The lowest BCUT2D eigenvalue weighted by Gasteiger charge is -2.34. The number of nitrogens with zero attached hydrogens (tertiary/aromatic N) is 3. The van der Waals surface area contributed by atoms with E-state index >= 15 is 0 Å². The first-order valence-electron chi connectivity index (χ1n) is 12.6. The molecule has 2 N–H and O–H groups in total. The van der Waals surface area contributed by atoms with Gasteiger partial charge in [0.25, 0.3) is 0 Å². The molecule has 7 heteroatoms. The first-order chi connectivity index (χ1) is 17.2. The van der Waals surface area contributed by atoms with Crippen molar-refractivity contribution in [3.63, 3.8) is 0 Å². The lowest BCUT2D eigenvalue weighted by molar-refractivity contribution is 0.103. The van der Waals surface area contributed by atoms with Gasteiger partial charge in [-0.05, 0) is 42.5 Å². The van der Waals surface area contributed by atoms with Gasteiger partial charge in [0, 0.05) is 38.3 Å². The van der Waals surface area contributed by atoms with Crippen molar-refractivity contribution in [2.75, 3.05) is 44.7 Å². The summed E-state index contributed by atoms with van der Waals surface area (Å²) in [5, 5.41) is 16.9. The lowest BCUT2D eigenvalue weighted by atomic mass is 9.90. The van der Waals surface area contributed by atoms with Gasteiger partial charge in [0.05, 0.1) is 35.3 Å². The van der Waals surface area contributed by atoms with Gasteiger partial charge in [-0.25, -0.2) is 9.38 Å². The molecule has 0 aromatic heterocycles. The molecule has 2 heterocycles. The molecule has 182 valence electrons. The van der Waals surface area contributed by atoms with Gasteiger partial charge in [-0.1, -0.05) is 43.5 Å². The maximum absolute atomic E-state index is 14.4. The second-order valence-electron chi connectivity index (χ2n) is 9.49. The zero-order chi connectivity index (χ0) is 24.0. The Morgan fingerprint density at radius 2 is 1.91 bits per heavy atom. The van der Waals surface area contributed by atoms with Gasteiger partial charge in [0.2, 0.25) is 0 Å².